The van der Waals surface area contributed by atoms with Gasteiger partial charge in [-0.3, -0.25) is 4.79 Å². The summed E-state index contributed by atoms with van der Waals surface area (Å²) in [6.07, 6.45) is 0. The van der Waals surface area contributed by atoms with Gasteiger partial charge in [0.1, 0.15) is 10.6 Å². The highest BCUT2D eigenvalue weighted by atomic mass is 35.5. The predicted molar refractivity (Wildman–Crippen MR) is 100 cm³/mol. The van der Waals surface area contributed by atoms with Crippen molar-refractivity contribution in [1.82, 2.24) is 4.98 Å². The summed E-state index contributed by atoms with van der Waals surface area (Å²) in [6.45, 7) is 4.85. The van der Waals surface area contributed by atoms with E-state index >= 15 is 0 Å². The van der Waals surface area contributed by atoms with Crippen LogP contribution in [0.3, 0.4) is 0 Å². The Kier molecular flexibility index (Phi) is 6.61. The van der Waals surface area contributed by atoms with Gasteiger partial charge in [-0.1, -0.05) is 11.6 Å². The Bertz CT molecular complexity index is 886. The van der Waals surface area contributed by atoms with Gasteiger partial charge in [-0.15, -0.1) is 0 Å². The van der Waals surface area contributed by atoms with Crippen molar-refractivity contribution < 1.29 is 14.3 Å². The summed E-state index contributed by atoms with van der Waals surface area (Å²) >= 11 is 7.04. The van der Waals surface area contributed by atoms with Crippen molar-refractivity contribution in [1.29, 1.82) is 5.26 Å². The Hall–Kier alpha value is -2.56. The van der Waals surface area contributed by atoms with Gasteiger partial charge in [0.05, 0.1) is 5.56 Å². The smallest absolute Gasteiger partial charge is 0.342 e. The fraction of sp³-hybridized carbons (Fsp3) is 0.222. The van der Waals surface area contributed by atoms with Crippen LogP contribution in [-0.2, 0) is 9.53 Å². The molecular weight excluding hydrogens is 374 g/mol. The van der Waals surface area contributed by atoms with Crippen LogP contribution in [0.25, 0.3) is 0 Å². The number of amides is 1. The van der Waals surface area contributed by atoms with Crippen molar-refractivity contribution in [2.45, 2.75) is 25.7 Å². The number of carbonyl (C=O) groups is 2. The molecule has 1 aromatic carbocycles. The molecule has 0 aliphatic carbocycles. The van der Waals surface area contributed by atoms with E-state index in [2.05, 4.69) is 10.3 Å². The second-order valence-corrected chi connectivity index (χ2v) is 6.76. The number of nitriles is 1. The van der Waals surface area contributed by atoms with Crippen LogP contribution in [0.2, 0.25) is 5.15 Å². The molecule has 0 fully saturated rings. The molecule has 2 aromatic rings. The summed E-state index contributed by atoms with van der Waals surface area (Å²) in [5.74, 6) is -1.18. The highest BCUT2D eigenvalue weighted by molar-refractivity contribution is 8.03. The van der Waals surface area contributed by atoms with Crippen LogP contribution >= 0.6 is 23.4 Å². The number of nitrogens with zero attached hydrogens (tertiary/aromatic N) is 2. The van der Waals surface area contributed by atoms with E-state index < -0.39 is 18.5 Å². The van der Waals surface area contributed by atoms with E-state index in [9.17, 15) is 9.59 Å². The van der Waals surface area contributed by atoms with Gasteiger partial charge in [0, 0.05) is 16.3 Å². The number of thiocyanates is 1. The monoisotopic (exact) mass is 389 g/mol. The Morgan fingerprint density at radius 3 is 2.62 bits per heavy atom. The molecule has 1 aromatic heterocycles. The van der Waals surface area contributed by atoms with Crippen LogP contribution in [-0.4, -0.2) is 23.5 Å². The van der Waals surface area contributed by atoms with Crippen LogP contribution < -0.4 is 5.32 Å². The van der Waals surface area contributed by atoms with Gasteiger partial charge >= 0.3 is 5.97 Å². The number of hydrogen-bond donors (Lipinski definition) is 1. The van der Waals surface area contributed by atoms with E-state index in [1.807, 2.05) is 12.3 Å². The average Bonchev–Trinajstić information content (AvgIpc) is 2.55. The van der Waals surface area contributed by atoms with Crippen molar-refractivity contribution in [2.24, 2.45) is 0 Å². The number of esters is 1. The van der Waals surface area contributed by atoms with Gasteiger partial charge in [0.15, 0.2) is 6.61 Å². The van der Waals surface area contributed by atoms with Crippen LogP contribution in [0.4, 0.5) is 5.69 Å². The van der Waals surface area contributed by atoms with Gasteiger partial charge in [0.2, 0.25) is 0 Å². The molecule has 8 heteroatoms. The molecule has 0 radical (unpaired) electrons. The molecule has 0 bridgehead atoms. The van der Waals surface area contributed by atoms with Crippen LogP contribution in [0, 0.1) is 31.4 Å². The van der Waals surface area contributed by atoms with E-state index in [0.717, 1.165) is 22.2 Å². The number of rotatable bonds is 5. The third-order valence-corrected chi connectivity index (χ3v) is 4.33. The van der Waals surface area contributed by atoms with E-state index in [4.69, 9.17) is 21.6 Å². The number of halogens is 1. The highest BCUT2D eigenvalue weighted by Gasteiger charge is 2.18. The van der Waals surface area contributed by atoms with Crippen LogP contribution in [0.1, 0.15) is 27.2 Å². The maximum atomic E-state index is 12.2. The first kappa shape index (κ1) is 19.8. The van der Waals surface area contributed by atoms with Crippen LogP contribution in [0.15, 0.2) is 29.2 Å². The summed E-state index contributed by atoms with van der Waals surface area (Å²) in [5, 5.41) is 13.4. The molecule has 2 rings (SSSR count). The molecule has 0 aliphatic heterocycles. The van der Waals surface area contributed by atoms with Crippen molar-refractivity contribution >= 4 is 40.9 Å². The molecular formula is C18H16ClN3O3S. The lowest BCUT2D eigenvalue weighted by Crippen LogP contribution is -2.22. The topological polar surface area (TPSA) is 92.1 Å². The second-order valence-electron chi connectivity index (χ2n) is 5.54. The minimum Gasteiger partial charge on any atom is -0.452 e. The normalized spacial score (nSPS) is 10.1. The molecule has 0 atom stereocenters. The highest BCUT2D eigenvalue weighted by Crippen LogP contribution is 2.23. The first-order valence-electron chi connectivity index (χ1n) is 7.59. The van der Waals surface area contributed by atoms with E-state index in [1.165, 1.54) is 0 Å². The number of benzene rings is 1. The maximum absolute atomic E-state index is 12.2. The van der Waals surface area contributed by atoms with E-state index in [1.54, 1.807) is 38.1 Å². The third kappa shape index (κ3) is 4.97. The van der Waals surface area contributed by atoms with Gasteiger partial charge < -0.3 is 10.1 Å². The molecule has 1 N–H and O–H groups in total. The van der Waals surface area contributed by atoms with Crippen molar-refractivity contribution in [3.05, 3.63) is 51.8 Å². The zero-order valence-electron chi connectivity index (χ0n) is 14.4. The molecule has 0 saturated heterocycles. The zero-order chi connectivity index (χ0) is 19.3. The quantitative estimate of drug-likeness (QED) is 0.359. The second kappa shape index (κ2) is 8.70. The molecule has 1 heterocycles. The number of hydrogen-bond acceptors (Lipinski definition) is 6. The molecule has 0 saturated carbocycles. The first-order chi connectivity index (χ1) is 12.3. The summed E-state index contributed by atoms with van der Waals surface area (Å²) < 4.78 is 5.04. The number of ether oxygens (including phenoxy) is 1. The number of anilines is 1. The van der Waals surface area contributed by atoms with Crippen molar-refractivity contribution in [2.75, 3.05) is 11.9 Å². The van der Waals surface area contributed by atoms with Gasteiger partial charge in [-0.2, -0.15) is 5.26 Å². The molecule has 134 valence electrons. The molecule has 6 nitrogen and oxygen atoms in total. The van der Waals surface area contributed by atoms with Crippen molar-refractivity contribution in [3.63, 3.8) is 0 Å². The SMILES string of the molecule is Cc1cc(C)c(C(=O)OCC(=O)Nc2ccc(SC#N)cc2C)c(Cl)n1. The Balaban J connectivity index is 1.99. The number of thioether (sulfide) groups is 1. The fourth-order valence-electron chi connectivity index (χ4n) is 2.32. The maximum Gasteiger partial charge on any atom is 0.342 e. The van der Waals surface area contributed by atoms with Crippen LogP contribution in [0.5, 0.6) is 0 Å². The number of carbonyl (C=O) groups excluding carboxylic acids is 2. The summed E-state index contributed by atoms with van der Waals surface area (Å²) in [6, 6.07) is 6.92. The van der Waals surface area contributed by atoms with Crippen molar-refractivity contribution in [3.8, 4) is 5.40 Å². The minimum absolute atomic E-state index is 0.0503. The molecule has 0 aliphatic rings. The average molecular weight is 390 g/mol. The lowest BCUT2D eigenvalue weighted by Gasteiger charge is -2.11. The summed E-state index contributed by atoms with van der Waals surface area (Å²) in [5.41, 5.74) is 2.86. The number of nitrogens with one attached hydrogen (secondary N) is 1. The summed E-state index contributed by atoms with van der Waals surface area (Å²) in [4.78, 5) is 29.0. The first-order valence-corrected chi connectivity index (χ1v) is 8.78. The van der Waals surface area contributed by atoms with Gasteiger partial charge in [0.25, 0.3) is 5.91 Å². The Labute approximate surface area is 160 Å². The standard InChI is InChI=1S/C18H16ClN3O3S/c1-10-7-13(26-9-20)4-5-14(10)22-15(23)8-25-18(24)16-11(2)6-12(3)21-17(16)19/h4-7H,8H2,1-3H3,(H,22,23). The molecule has 0 unspecified atom stereocenters. The van der Waals surface area contributed by atoms with Gasteiger partial charge in [-0.25, -0.2) is 9.78 Å². The molecule has 0 spiro atoms. The minimum atomic E-state index is -0.701. The fourth-order valence-corrected chi connectivity index (χ4v) is 3.16. The summed E-state index contributed by atoms with van der Waals surface area (Å²) in [7, 11) is 0. The number of pyridine rings is 1. The lowest BCUT2D eigenvalue weighted by atomic mass is 10.1. The van der Waals surface area contributed by atoms with E-state index in [-0.39, 0.29) is 10.7 Å². The predicted octanol–water partition coefficient (Wildman–Crippen LogP) is 4.03. The molecule has 26 heavy (non-hydrogen) atoms. The Morgan fingerprint density at radius 2 is 2.00 bits per heavy atom. The Morgan fingerprint density at radius 1 is 1.27 bits per heavy atom. The van der Waals surface area contributed by atoms with Gasteiger partial charge in [-0.05, 0) is 67.9 Å². The third-order valence-electron chi connectivity index (χ3n) is 3.47. The zero-order valence-corrected chi connectivity index (χ0v) is 16.0. The lowest BCUT2D eigenvalue weighted by molar-refractivity contribution is -0.119. The molecule has 1 amide bonds. The number of aromatic nitrogens is 1. The largest absolute Gasteiger partial charge is 0.452 e. The number of aryl methyl sites for hydroxylation is 3. The van der Waals surface area contributed by atoms with E-state index in [0.29, 0.717) is 16.9 Å².